The Labute approximate surface area is 111 Å². The van der Waals surface area contributed by atoms with Crippen LogP contribution in [0.4, 0.5) is 0 Å². The van der Waals surface area contributed by atoms with E-state index in [1.165, 1.54) is 43.2 Å². The first-order valence-electron chi connectivity index (χ1n) is 7.13. The Morgan fingerprint density at radius 2 is 1.78 bits per heavy atom. The molecule has 1 fully saturated rings. The van der Waals surface area contributed by atoms with E-state index >= 15 is 0 Å². The van der Waals surface area contributed by atoms with Crippen molar-refractivity contribution in [2.24, 2.45) is 0 Å². The molecule has 0 aliphatic heterocycles. The lowest BCUT2D eigenvalue weighted by Crippen LogP contribution is -2.04. The minimum atomic E-state index is -0.372. The van der Waals surface area contributed by atoms with E-state index in [2.05, 4.69) is 31.2 Å². The van der Waals surface area contributed by atoms with E-state index in [1.807, 2.05) is 6.08 Å². The highest BCUT2D eigenvalue weighted by molar-refractivity contribution is 5.64. The Balaban J connectivity index is 2.09. The number of hydrogen-bond acceptors (Lipinski definition) is 1. The molecule has 1 saturated carbocycles. The summed E-state index contributed by atoms with van der Waals surface area (Å²) in [7, 11) is 0. The summed E-state index contributed by atoms with van der Waals surface area (Å²) < 4.78 is 0. The van der Waals surface area contributed by atoms with Crippen LogP contribution >= 0.6 is 0 Å². The van der Waals surface area contributed by atoms with Crippen LogP contribution in [0.5, 0.6) is 0 Å². The Kier molecular flexibility index (Phi) is 4.60. The maximum atomic E-state index is 9.37. The highest BCUT2D eigenvalue weighted by Gasteiger charge is 2.15. The Morgan fingerprint density at radius 3 is 2.33 bits per heavy atom. The molecule has 1 heteroatoms. The van der Waals surface area contributed by atoms with Gasteiger partial charge in [0.05, 0.1) is 6.10 Å². The van der Waals surface area contributed by atoms with Crippen molar-refractivity contribution in [2.75, 3.05) is 0 Å². The molecule has 0 amide bonds. The van der Waals surface area contributed by atoms with Gasteiger partial charge >= 0.3 is 0 Å². The largest absolute Gasteiger partial charge is 0.389 e. The maximum absolute atomic E-state index is 9.37. The van der Waals surface area contributed by atoms with Gasteiger partial charge in [-0.1, -0.05) is 49.6 Å². The average Bonchev–Trinajstić information content (AvgIpc) is 2.39. The Morgan fingerprint density at radius 1 is 1.17 bits per heavy atom. The third-order valence-corrected chi connectivity index (χ3v) is 3.93. The molecule has 0 heterocycles. The maximum Gasteiger partial charge on any atom is 0.0698 e. The van der Waals surface area contributed by atoms with Crippen LogP contribution < -0.4 is 0 Å². The van der Waals surface area contributed by atoms with Crippen LogP contribution in [-0.4, -0.2) is 11.2 Å². The van der Waals surface area contributed by atoms with Gasteiger partial charge in [0.15, 0.2) is 0 Å². The number of allylic oxidation sites excluding steroid dienone is 1. The lowest BCUT2D eigenvalue weighted by atomic mass is 9.84. The fraction of sp³-hybridized carbons (Fsp3) is 0.529. The predicted octanol–water partition coefficient (Wildman–Crippen LogP) is 4.52. The van der Waals surface area contributed by atoms with E-state index in [9.17, 15) is 5.11 Å². The number of aliphatic hydroxyl groups excluding tert-OH is 1. The van der Waals surface area contributed by atoms with Gasteiger partial charge in [0.1, 0.15) is 0 Å². The van der Waals surface area contributed by atoms with Crippen LogP contribution in [0.25, 0.3) is 5.57 Å². The molecule has 0 bridgehead atoms. The summed E-state index contributed by atoms with van der Waals surface area (Å²) >= 11 is 0. The number of rotatable bonds is 3. The molecule has 1 unspecified atom stereocenters. The van der Waals surface area contributed by atoms with Crippen LogP contribution in [0.2, 0.25) is 0 Å². The van der Waals surface area contributed by atoms with E-state index in [-0.39, 0.29) is 6.10 Å². The number of benzene rings is 1. The predicted molar refractivity (Wildman–Crippen MR) is 77.6 cm³/mol. The first-order valence-corrected chi connectivity index (χ1v) is 7.13. The smallest absolute Gasteiger partial charge is 0.0698 e. The van der Waals surface area contributed by atoms with Crippen LogP contribution in [0.15, 0.2) is 30.3 Å². The molecule has 2 rings (SSSR count). The quantitative estimate of drug-likeness (QED) is 0.829. The fourth-order valence-electron chi connectivity index (χ4n) is 2.91. The van der Waals surface area contributed by atoms with Gasteiger partial charge in [-0.2, -0.15) is 0 Å². The van der Waals surface area contributed by atoms with Crippen molar-refractivity contribution in [3.05, 3.63) is 41.5 Å². The van der Waals surface area contributed by atoms with Crippen molar-refractivity contribution in [1.29, 1.82) is 0 Å². The van der Waals surface area contributed by atoms with Gasteiger partial charge in [-0.15, -0.1) is 0 Å². The van der Waals surface area contributed by atoms with Crippen molar-refractivity contribution in [3.8, 4) is 0 Å². The standard InChI is InChI=1S/C17H24O/c1-13(12-14(2)18)15-8-10-17(11-9-15)16-6-4-3-5-7-16/h8-12,14,16,18H,3-7H2,1-2H3. The molecule has 1 nitrogen and oxygen atoms in total. The van der Waals surface area contributed by atoms with Gasteiger partial charge in [-0.25, -0.2) is 0 Å². The molecule has 0 spiro atoms. The van der Waals surface area contributed by atoms with Crippen LogP contribution in [0, 0.1) is 0 Å². The molecule has 1 aliphatic rings. The van der Waals surface area contributed by atoms with E-state index in [1.54, 1.807) is 6.92 Å². The van der Waals surface area contributed by atoms with Crippen LogP contribution in [0.3, 0.4) is 0 Å². The van der Waals surface area contributed by atoms with E-state index < -0.39 is 0 Å². The SMILES string of the molecule is CC(=CC(C)O)c1ccc(C2CCCCC2)cc1. The minimum absolute atomic E-state index is 0.372. The summed E-state index contributed by atoms with van der Waals surface area (Å²) in [6, 6.07) is 8.92. The zero-order valence-corrected chi connectivity index (χ0v) is 11.5. The van der Waals surface area contributed by atoms with Crippen molar-refractivity contribution in [2.45, 2.75) is 58.0 Å². The van der Waals surface area contributed by atoms with Gasteiger partial charge in [-0.05, 0) is 49.3 Å². The summed E-state index contributed by atoms with van der Waals surface area (Å²) in [5, 5.41) is 9.37. The van der Waals surface area contributed by atoms with Crippen molar-refractivity contribution in [3.63, 3.8) is 0 Å². The lowest BCUT2D eigenvalue weighted by molar-refractivity contribution is 0.244. The zero-order chi connectivity index (χ0) is 13.0. The van der Waals surface area contributed by atoms with E-state index in [0.717, 1.165) is 11.5 Å². The topological polar surface area (TPSA) is 20.2 Å². The molecule has 0 saturated heterocycles. The molecule has 0 radical (unpaired) electrons. The summed E-state index contributed by atoms with van der Waals surface area (Å²) in [5.74, 6) is 0.772. The van der Waals surface area contributed by atoms with E-state index in [4.69, 9.17) is 0 Å². The molecule has 0 aromatic heterocycles. The van der Waals surface area contributed by atoms with Gasteiger partial charge < -0.3 is 5.11 Å². The molecule has 1 aromatic carbocycles. The normalized spacial score (nSPS) is 19.8. The summed E-state index contributed by atoms with van der Waals surface area (Å²) in [6.07, 6.45) is 8.40. The monoisotopic (exact) mass is 244 g/mol. The van der Waals surface area contributed by atoms with Gasteiger partial charge in [0.2, 0.25) is 0 Å². The van der Waals surface area contributed by atoms with Crippen molar-refractivity contribution in [1.82, 2.24) is 0 Å². The van der Waals surface area contributed by atoms with Crippen molar-refractivity contribution >= 4 is 5.57 Å². The summed E-state index contributed by atoms with van der Waals surface area (Å²) in [6.45, 7) is 3.85. The molecule has 1 aliphatic carbocycles. The lowest BCUT2D eigenvalue weighted by Gasteiger charge is -2.22. The molecule has 1 N–H and O–H groups in total. The van der Waals surface area contributed by atoms with Crippen molar-refractivity contribution < 1.29 is 5.11 Å². The first-order chi connectivity index (χ1) is 8.66. The molecular weight excluding hydrogens is 220 g/mol. The first kappa shape index (κ1) is 13.4. The Hall–Kier alpha value is -1.08. The highest BCUT2D eigenvalue weighted by atomic mass is 16.3. The second-order valence-corrected chi connectivity index (χ2v) is 5.55. The fourth-order valence-corrected chi connectivity index (χ4v) is 2.91. The second-order valence-electron chi connectivity index (χ2n) is 5.55. The number of aliphatic hydroxyl groups is 1. The van der Waals surface area contributed by atoms with Crippen LogP contribution in [0.1, 0.15) is 63.0 Å². The molecule has 1 aromatic rings. The number of hydrogen-bond donors (Lipinski definition) is 1. The second kappa shape index (κ2) is 6.19. The highest BCUT2D eigenvalue weighted by Crippen LogP contribution is 2.33. The van der Waals surface area contributed by atoms with Crippen LogP contribution in [-0.2, 0) is 0 Å². The summed E-state index contributed by atoms with van der Waals surface area (Å²) in [5.41, 5.74) is 3.86. The minimum Gasteiger partial charge on any atom is -0.389 e. The zero-order valence-electron chi connectivity index (χ0n) is 11.5. The molecular formula is C17H24O. The Bertz CT molecular complexity index is 394. The van der Waals surface area contributed by atoms with Gasteiger partial charge in [0.25, 0.3) is 0 Å². The van der Waals surface area contributed by atoms with Gasteiger partial charge in [-0.3, -0.25) is 0 Å². The average molecular weight is 244 g/mol. The van der Waals surface area contributed by atoms with Gasteiger partial charge in [0, 0.05) is 0 Å². The third-order valence-electron chi connectivity index (χ3n) is 3.93. The molecule has 1 atom stereocenters. The molecule has 98 valence electrons. The third kappa shape index (κ3) is 3.46. The summed E-state index contributed by atoms with van der Waals surface area (Å²) in [4.78, 5) is 0. The molecule has 18 heavy (non-hydrogen) atoms. The van der Waals surface area contributed by atoms with E-state index in [0.29, 0.717) is 0 Å².